The fourth-order valence-electron chi connectivity index (χ4n) is 17.9. The van der Waals surface area contributed by atoms with Crippen LogP contribution in [0.25, 0.3) is 32.6 Å². The predicted octanol–water partition coefficient (Wildman–Crippen LogP) is 1.69. The highest BCUT2D eigenvalue weighted by atomic mass is 33.1. The zero-order chi connectivity index (χ0) is 94.5. The second-order valence-corrected chi connectivity index (χ2v) is 37.2. The molecule has 0 radical (unpaired) electrons. The lowest BCUT2D eigenvalue weighted by Crippen LogP contribution is -2.62. The summed E-state index contributed by atoms with van der Waals surface area (Å²) in [5.74, 6) is -13.6. The number of nitrogens with one attached hydrogen (secondary N) is 17. The van der Waals surface area contributed by atoms with E-state index in [-0.39, 0.29) is 158 Å². The normalized spacial score (nSPS) is 25.2. The van der Waals surface area contributed by atoms with Crippen LogP contribution in [0.2, 0.25) is 0 Å². The minimum atomic E-state index is -1.65. The van der Waals surface area contributed by atoms with Crippen molar-refractivity contribution in [2.45, 2.75) is 208 Å². The van der Waals surface area contributed by atoms with Gasteiger partial charge in [-0.25, -0.2) is 4.98 Å². The number of amides is 14. The molecule has 133 heavy (non-hydrogen) atoms. The summed E-state index contributed by atoms with van der Waals surface area (Å²) in [6.07, 6.45) is 6.68. The lowest BCUT2D eigenvalue weighted by molar-refractivity contribution is -0.148. The summed E-state index contributed by atoms with van der Waals surface area (Å²) >= 11 is 0. The molecule has 0 aliphatic carbocycles. The van der Waals surface area contributed by atoms with E-state index in [1.54, 1.807) is 62.6 Å². The summed E-state index contributed by atoms with van der Waals surface area (Å²) in [6.45, 7) is 4.99. The highest BCUT2D eigenvalue weighted by Gasteiger charge is 2.48. The number of nitrogens with two attached hydrogens (primary N) is 2. The Balaban J connectivity index is 0.903. The first kappa shape index (κ1) is 97.0. The van der Waals surface area contributed by atoms with Gasteiger partial charge in [0.05, 0.1) is 12.0 Å². The van der Waals surface area contributed by atoms with E-state index in [4.69, 9.17) is 22.3 Å². The largest absolute Gasteiger partial charge is 0.370 e. The Morgan fingerprint density at radius 3 is 1.57 bits per heavy atom. The zero-order valence-electron chi connectivity index (χ0n) is 74.7. The molecule has 5 aliphatic rings. The molecule has 38 nitrogen and oxygen atoms in total. The number of benzene rings is 5. The van der Waals surface area contributed by atoms with Crippen molar-refractivity contribution >= 4 is 149 Å². The quantitative estimate of drug-likeness (QED) is 0.0223. The third-order valence-corrected chi connectivity index (χ3v) is 27.8. The summed E-state index contributed by atoms with van der Waals surface area (Å²) < 4.78 is 0. The van der Waals surface area contributed by atoms with Gasteiger partial charge >= 0.3 is 0 Å². The van der Waals surface area contributed by atoms with Gasteiger partial charge in [0.1, 0.15) is 84.6 Å². The molecule has 15 atom stereocenters. The molecule has 706 valence electrons. The van der Waals surface area contributed by atoms with Crippen molar-refractivity contribution < 1.29 is 67.1 Å². The molecule has 0 saturated carbocycles. The van der Waals surface area contributed by atoms with Gasteiger partial charge in [-0.1, -0.05) is 151 Å². The SMILES string of the molecule is CC[C@H](C)[C@@H]1NC(=O)[C@@H]2CCCN2C(=O)[C@H](Cc2c[nH]c3ccccc23)NC(=O)[C@H](CCCNC(=N)N)N(C)C(=O)[C@@H](Cc2ccc3ccccc3c2)NC(=O)[C@@H]2CCCN2C(=O)[C@@H]2CCCN2C(=O)[C@@H]2CSSC[C@H](NC1=O)C(=O)N[C@@H](Cc1c[nH]cn1)C(=O)N[C@H](Cc1ccccc1)C(=O)N[C@@H](CCCNC(=N)N)C(=O)N[C@@H](Cc1c[nH]c3ccccc13)C(=O)N[C@@H](C)C(=O)N2. The van der Waals surface area contributed by atoms with Gasteiger partial charge in [0.2, 0.25) is 82.7 Å². The van der Waals surface area contributed by atoms with E-state index in [2.05, 4.69) is 83.7 Å². The second-order valence-electron chi connectivity index (χ2n) is 34.6. The molecule has 14 amide bonds. The van der Waals surface area contributed by atoms with E-state index in [1.165, 1.54) is 46.1 Å². The number of rotatable bonds is 20. The molecule has 8 aromatic rings. The Kier molecular flexibility index (Phi) is 33.2. The molecule has 0 spiro atoms. The predicted molar refractivity (Wildman–Crippen MR) is 503 cm³/mol. The summed E-state index contributed by atoms with van der Waals surface area (Å²) in [7, 11) is 3.35. The highest BCUT2D eigenvalue weighted by Crippen LogP contribution is 2.32. The molecule has 5 aliphatic heterocycles. The molecular weight excluding hydrogens is 1740 g/mol. The smallest absolute Gasteiger partial charge is 0.246 e. The Hall–Kier alpha value is -13.5. The van der Waals surface area contributed by atoms with Gasteiger partial charge in [0, 0.05) is 124 Å². The number of hydrogen-bond donors (Lipinski definition) is 19. The van der Waals surface area contributed by atoms with Crippen LogP contribution in [0.5, 0.6) is 0 Å². The molecule has 8 heterocycles. The molecule has 40 heteroatoms. The van der Waals surface area contributed by atoms with Crippen LogP contribution in [-0.4, -0.2) is 270 Å². The number of fused-ring (bicyclic) bond motifs is 11. The fourth-order valence-corrected chi connectivity index (χ4v) is 20.3. The van der Waals surface area contributed by atoms with E-state index in [0.717, 1.165) is 43.3 Å². The number of carbonyl (C=O) groups is 14. The standard InChI is InChI=1S/C93H118N24O14S2/c1-5-52(2)77-87(127)111-71-49-132-133-50-72(112-78(118)53(3)104-80(120)67(43-58-46-101-63-26-13-11-24-61(58)63)107-79(119)65(28-15-35-99-92(94)95)105-81(121)66(41-54-20-7-6-8-21-54)106-82(122)68(108-83(71)123)45-60-48-98-51-103-60)90(130)117-39-19-32-76(117)91(131)116-38-18-30-74(116)85(125)109-69(42-55-33-34-56-22-9-10-23-57(56)40-55)88(128)114(4)73(29-16-36-100-93(96)97)84(124)110-70(44-59-47-102-64-27-14-12-25-62(59)64)89(129)115-37-17-31-75(115)86(126)113-77/h6-14,20-27,33-34,40,46-48,51-53,65-77,101-102H,5,15-19,28-32,35-39,41-45,49-50H2,1-4H3,(H,98,103)(H,104,120)(H,105,121)(H,106,122)(H,107,119)(H,108,123)(H,109,125)(H,110,124)(H,111,127)(H,112,118)(H,113,126)(H4,94,95,99)(H4,96,97,100)/t52-,53-,65-,66+,67-,68-,69+,70-,71-,72-,73-,74-,75-,76-,77-/m0/s1. The molecule has 21 N–H and O–H groups in total. The minimum absolute atomic E-state index is 0.00855. The van der Waals surface area contributed by atoms with Crippen molar-refractivity contribution in [2.24, 2.45) is 17.4 Å². The molecule has 5 saturated heterocycles. The Morgan fingerprint density at radius 1 is 0.459 bits per heavy atom. The van der Waals surface area contributed by atoms with E-state index in [1.807, 2.05) is 84.9 Å². The number of aromatic amines is 3. The number of aromatic nitrogens is 4. The minimum Gasteiger partial charge on any atom is -0.370 e. The first-order chi connectivity index (χ1) is 64.1. The molecule has 5 aromatic carbocycles. The van der Waals surface area contributed by atoms with Crippen LogP contribution < -0.4 is 75.3 Å². The molecule has 5 fully saturated rings. The summed E-state index contributed by atoms with van der Waals surface area (Å²) in [4.78, 5) is 237. The van der Waals surface area contributed by atoms with E-state index < -0.39 is 173 Å². The topological polar surface area (TPSA) is 556 Å². The summed E-state index contributed by atoms with van der Waals surface area (Å²) in [5, 5.41) is 53.2. The maximum absolute atomic E-state index is 15.9. The zero-order valence-corrected chi connectivity index (χ0v) is 76.3. The van der Waals surface area contributed by atoms with Gasteiger partial charge in [0.15, 0.2) is 11.9 Å². The van der Waals surface area contributed by atoms with E-state index >= 15 is 67.1 Å². The number of imidazole rings is 1. The van der Waals surface area contributed by atoms with Crippen LogP contribution >= 0.6 is 21.6 Å². The van der Waals surface area contributed by atoms with Crippen molar-refractivity contribution in [2.75, 3.05) is 51.3 Å². The lowest BCUT2D eigenvalue weighted by atomic mass is 9.97. The van der Waals surface area contributed by atoms with Crippen LogP contribution in [0.4, 0.5) is 0 Å². The summed E-state index contributed by atoms with van der Waals surface area (Å²) in [5.41, 5.74) is 15.5. The van der Waals surface area contributed by atoms with Gasteiger partial charge in [-0.15, -0.1) is 0 Å². The van der Waals surface area contributed by atoms with Gasteiger partial charge in [-0.3, -0.25) is 77.9 Å². The number of para-hydroxylation sites is 2. The van der Waals surface area contributed by atoms with E-state index in [0.29, 0.717) is 39.6 Å². The summed E-state index contributed by atoms with van der Waals surface area (Å²) in [6, 6.07) is 16.1. The molecule has 13 rings (SSSR count). The molecule has 3 aromatic heterocycles. The average Bonchev–Trinajstić information content (AvgIpc) is 1.67. The number of likely N-dealkylation sites (N-methyl/N-ethyl adjacent to an activating group) is 1. The van der Waals surface area contributed by atoms with Crippen LogP contribution in [0.15, 0.2) is 146 Å². The van der Waals surface area contributed by atoms with Crippen LogP contribution in [0.3, 0.4) is 0 Å². The highest BCUT2D eigenvalue weighted by molar-refractivity contribution is 8.76. The molecule has 0 unspecified atom stereocenters. The third kappa shape index (κ3) is 24.8. The maximum atomic E-state index is 15.9. The maximum Gasteiger partial charge on any atom is 0.246 e. The van der Waals surface area contributed by atoms with Crippen LogP contribution in [0, 0.1) is 16.7 Å². The first-order valence-corrected chi connectivity index (χ1v) is 47.8. The number of carbonyl (C=O) groups excluding carboxylic acids is 14. The Morgan fingerprint density at radius 2 is 0.947 bits per heavy atom. The van der Waals surface area contributed by atoms with Crippen molar-refractivity contribution in [1.82, 2.24) is 103 Å². The van der Waals surface area contributed by atoms with Crippen LogP contribution in [0.1, 0.15) is 119 Å². The number of guanidine groups is 2. The number of H-pyrrole nitrogens is 3. The van der Waals surface area contributed by atoms with Crippen molar-refractivity contribution in [3.05, 3.63) is 174 Å². The fraction of sp³-hybridized carbons (Fsp3) is 0.452. The van der Waals surface area contributed by atoms with Gasteiger partial charge in [-0.2, -0.15) is 0 Å². The Bertz CT molecular complexity index is 5580. The Labute approximate surface area is 776 Å². The van der Waals surface area contributed by atoms with Crippen molar-refractivity contribution in [3.8, 4) is 0 Å². The first-order valence-electron chi connectivity index (χ1n) is 45.3. The van der Waals surface area contributed by atoms with Crippen LogP contribution in [-0.2, 0) is 99.2 Å². The third-order valence-electron chi connectivity index (χ3n) is 25.4. The number of nitrogens with zero attached hydrogens (tertiary/aromatic N) is 5. The molecule has 2 bridgehead atoms. The van der Waals surface area contributed by atoms with Gasteiger partial charge < -0.3 is 110 Å². The number of hydrogen-bond acceptors (Lipinski definition) is 19. The van der Waals surface area contributed by atoms with Gasteiger partial charge in [0.25, 0.3) is 0 Å². The van der Waals surface area contributed by atoms with Crippen molar-refractivity contribution in [3.63, 3.8) is 0 Å². The monoisotopic (exact) mass is 1860 g/mol. The molecular formula is C93H118N24O14S2. The van der Waals surface area contributed by atoms with Crippen molar-refractivity contribution in [1.29, 1.82) is 10.8 Å². The van der Waals surface area contributed by atoms with Gasteiger partial charge in [-0.05, 0) is 122 Å². The van der Waals surface area contributed by atoms with E-state index in [9.17, 15) is 0 Å². The average molecular weight is 1860 g/mol. The second kappa shape index (κ2) is 45.5. The lowest BCUT2D eigenvalue weighted by Gasteiger charge is -2.35.